The first-order valence-electron chi connectivity index (χ1n) is 6.41. The Labute approximate surface area is 111 Å². The van der Waals surface area contributed by atoms with Gasteiger partial charge in [-0.3, -0.25) is 9.69 Å². The van der Waals surface area contributed by atoms with Gasteiger partial charge in [0, 0.05) is 39.6 Å². The minimum atomic E-state index is -4.30. The van der Waals surface area contributed by atoms with E-state index in [0.717, 1.165) is 20.0 Å². The lowest BCUT2D eigenvalue weighted by Gasteiger charge is -2.29. The molecule has 0 radical (unpaired) electrons. The molecule has 0 aliphatic carbocycles. The standard InChI is InChI=1S/C12H21F3N2O2/c1-10(12(13,14)15)9-11(18)16(2)3-4-17-5-7-19-8-6-17/h10H,3-9H2,1-2H3. The van der Waals surface area contributed by atoms with Crippen LogP contribution in [0.2, 0.25) is 0 Å². The summed E-state index contributed by atoms with van der Waals surface area (Å²) in [4.78, 5) is 15.2. The molecule has 0 N–H and O–H groups in total. The Bertz CT molecular complexity index is 291. The highest BCUT2D eigenvalue weighted by Gasteiger charge is 2.37. The van der Waals surface area contributed by atoms with Crippen molar-refractivity contribution in [2.24, 2.45) is 5.92 Å². The SMILES string of the molecule is CC(CC(=O)N(C)CCN1CCOCC1)C(F)(F)F. The summed E-state index contributed by atoms with van der Waals surface area (Å²) in [5, 5.41) is 0. The molecule has 1 saturated heterocycles. The number of rotatable bonds is 5. The topological polar surface area (TPSA) is 32.8 Å². The summed E-state index contributed by atoms with van der Waals surface area (Å²) in [5.74, 6) is -2.05. The van der Waals surface area contributed by atoms with Gasteiger partial charge in [0.2, 0.25) is 5.91 Å². The Morgan fingerprint density at radius 3 is 2.47 bits per heavy atom. The van der Waals surface area contributed by atoms with Crippen molar-refractivity contribution in [2.45, 2.75) is 19.5 Å². The summed E-state index contributed by atoms with van der Waals surface area (Å²) in [5.41, 5.74) is 0. The van der Waals surface area contributed by atoms with Crippen molar-refractivity contribution < 1.29 is 22.7 Å². The van der Waals surface area contributed by atoms with E-state index < -0.39 is 24.4 Å². The van der Waals surface area contributed by atoms with Crippen LogP contribution in [0, 0.1) is 5.92 Å². The van der Waals surface area contributed by atoms with E-state index in [-0.39, 0.29) is 0 Å². The molecule has 0 aromatic rings. The summed E-state index contributed by atoms with van der Waals surface area (Å²) in [6.07, 6.45) is -4.79. The number of likely N-dealkylation sites (N-methyl/N-ethyl adjacent to an activating group) is 1. The number of morpholine rings is 1. The van der Waals surface area contributed by atoms with Gasteiger partial charge in [0.05, 0.1) is 19.1 Å². The van der Waals surface area contributed by atoms with Crippen LogP contribution < -0.4 is 0 Å². The predicted molar refractivity (Wildman–Crippen MR) is 64.7 cm³/mol. The van der Waals surface area contributed by atoms with Crippen LogP contribution in [0.5, 0.6) is 0 Å². The van der Waals surface area contributed by atoms with Crippen LogP contribution in [0.4, 0.5) is 13.2 Å². The van der Waals surface area contributed by atoms with Crippen LogP contribution in [-0.4, -0.2) is 68.3 Å². The normalized spacial score (nSPS) is 19.2. The molecule has 4 nitrogen and oxygen atoms in total. The van der Waals surface area contributed by atoms with Crippen LogP contribution in [0.3, 0.4) is 0 Å². The first-order chi connectivity index (χ1) is 8.80. The largest absolute Gasteiger partial charge is 0.392 e. The highest BCUT2D eigenvalue weighted by atomic mass is 19.4. The first kappa shape index (κ1) is 16.2. The number of alkyl halides is 3. The van der Waals surface area contributed by atoms with Crippen LogP contribution >= 0.6 is 0 Å². The molecule has 1 fully saturated rings. The second kappa shape index (κ2) is 7.09. The van der Waals surface area contributed by atoms with E-state index in [0.29, 0.717) is 26.3 Å². The van der Waals surface area contributed by atoms with E-state index in [1.807, 2.05) is 0 Å². The van der Waals surface area contributed by atoms with E-state index in [2.05, 4.69) is 4.90 Å². The lowest BCUT2D eigenvalue weighted by molar-refractivity contribution is -0.176. The summed E-state index contributed by atoms with van der Waals surface area (Å²) in [6.45, 7) is 5.11. The number of amides is 1. The van der Waals surface area contributed by atoms with Gasteiger partial charge < -0.3 is 9.64 Å². The van der Waals surface area contributed by atoms with E-state index in [1.165, 1.54) is 4.90 Å². The second-order valence-corrected chi connectivity index (χ2v) is 4.92. The van der Waals surface area contributed by atoms with Crippen LogP contribution in [0.25, 0.3) is 0 Å². The van der Waals surface area contributed by atoms with Crippen molar-refractivity contribution in [1.29, 1.82) is 0 Å². The molecule has 1 unspecified atom stereocenters. The molecule has 0 bridgehead atoms. The first-order valence-corrected chi connectivity index (χ1v) is 6.41. The molecule has 1 amide bonds. The molecule has 0 spiro atoms. The van der Waals surface area contributed by atoms with Gasteiger partial charge in [0.15, 0.2) is 0 Å². The third-order valence-corrected chi connectivity index (χ3v) is 3.32. The van der Waals surface area contributed by atoms with Gasteiger partial charge in [0.25, 0.3) is 0 Å². The summed E-state index contributed by atoms with van der Waals surface area (Å²) in [6, 6.07) is 0. The number of carbonyl (C=O) groups is 1. The fraction of sp³-hybridized carbons (Fsp3) is 0.917. The molecular formula is C12H21F3N2O2. The number of hydrogen-bond acceptors (Lipinski definition) is 3. The molecule has 19 heavy (non-hydrogen) atoms. The highest BCUT2D eigenvalue weighted by Crippen LogP contribution is 2.28. The molecule has 1 heterocycles. The molecule has 0 saturated carbocycles. The van der Waals surface area contributed by atoms with E-state index in [4.69, 9.17) is 4.74 Å². The summed E-state index contributed by atoms with van der Waals surface area (Å²) < 4.78 is 42.3. The summed E-state index contributed by atoms with van der Waals surface area (Å²) in [7, 11) is 1.55. The molecule has 0 aromatic carbocycles. The number of carbonyl (C=O) groups excluding carboxylic acids is 1. The zero-order chi connectivity index (χ0) is 14.5. The Hall–Kier alpha value is -0.820. The number of nitrogens with zero attached hydrogens (tertiary/aromatic N) is 2. The maximum Gasteiger partial charge on any atom is 0.392 e. The molecule has 112 valence electrons. The zero-order valence-electron chi connectivity index (χ0n) is 11.4. The maximum atomic E-state index is 12.4. The number of halogens is 3. The third-order valence-electron chi connectivity index (χ3n) is 3.32. The van der Waals surface area contributed by atoms with E-state index in [1.54, 1.807) is 7.05 Å². The van der Waals surface area contributed by atoms with E-state index >= 15 is 0 Å². The summed E-state index contributed by atoms with van der Waals surface area (Å²) >= 11 is 0. The van der Waals surface area contributed by atoms with E-state index in [9.17, 15) is 18.0 Å². The molecule has 1 atom stereocenters. The molecule has 1 aliphatic heterocycles. The average Bonchev–Trinajstić information content (AvgIpc) is 2.35. The minimum absolute atomic E-state index is 0.448. The Balaban J connectivity index is 2.28. The predicted octanol–water partition coefficient (Wildman–Crippen LogP) is 1.37. The minimum Gasteiger partial charge on any atom is -0.379 e. The highest BCUT2D eigenvalue weighted by molar-refractivity contribution is 5.76. The molecule has 1 rings (SSSR count). The Morgan fingerprint density at radius 2 is 1.95 bits per heavy atom. The van der Waals surface area contributed by atoms with Gasteiger partial charge >= 0.3 is 6.18 Å². The van der Waals surface area contributed by atoms with Crippen molar-refractivity contribution in [3.8, 4) is 0 Å². The molecule has 1 aliphatic rings. The molecule has 7 heteroatoms. The maximum absolute atomic E-state index is 12.4. The Kier molecular flexibility index (Phi) is 6.06. The lowest BCUT2D eigenvalue weighted by atomic mass is 10.1. The molecule has 0 aromatic heterocycles. The van der Waals surface area contributed by atoms with Crippen molar-refractivity contribution in [3.63, 3.8) is 0 Å². The van der Waals surface area contributed by atoms with Crippen LogP contribution in [0.1, 0.15) is 13.3 Å². The quantitative estimate of drug-likeness (QED) is 0.763. The van der Waals surface area contributed by atoms with Gasteiger partial charge in [-0.05, 0) is 0 Å². The van der Waals surface area contributed by atoms with Gasteiger partial charge in [-0.25, -0.2) is 0 Å². The second-order valence-electron chi connectivity index (χ2n) is 4.92. The van der Waals surface area contributed by atoms with Crippen molar-refractivity contribution >= 4 is 5.91 Å². The van der Waals surface area contributed by atoms with Crippen molar-refractivity contribution in [2.75, 3.05) is 46.4 Å². The van der Waals surface area contributed by atoms with Gasteiger partial charge in [-0.1, -0.05) is 6.92 Å². The van der Waals surface area contributed by atoms with Crippen molar-refractivity contribution in [3.05, 3.63) is 0 Å². The fourth-order valence-corrected chi connectivity index (χ4v) is 1.77. The van der Waals surface area contributed by atoms with Crippen LogP contribution in [0.15, 0.2) is 0 Å². The third kappa shape index (κ3) is 5.78. The van der Waals surface area contributed by atoms with Crippen LogP contribution in [-0.2, 0) is 9.53 Å². The lowest BCUT2D eigenvalue weighted by Crippen LogP contribution is -2.42. The monoisotopic (exact) mass is 282 g/mol. The molecular weight excluding hydrogens is 261 g/mol. The van der Waals surface area contributed by atoms with Gasteiger partial charge in [-0.15, -0.1) is 0 Å². The zero-order valence-corrected chi connectivity index (χ0v) is 11.4. The smallest absolute Gasteiger partial charge is 0.379 e. The average molecular weight is 282 g/mol. The van der Waals surface area contributed by atoms with Gasteiger partial charge in [0.1, 0.15) is 0 Å². The number of ether oxygens (including phenoxy) is 1. The number of hydrogen-bond donors (Lipinski definition) is 0. The fourth-order valence-electron chi connectivity index (χ4n) is 1.77. The van der Waals surface area contributed by atoms with Crippen molar-refractivity contribution in [1.82, 2.24) is 9.80 Å². The van der Waals surface area contributed by atoms with Gasteiger partial charge in [-0.2, -0.15) is 13.2 Å². The Morgan fingerprint density at radius 1 is 1.37 bits per heavy atom.